The van der Waals surface area contributed by atoms with Crippen molar-refractivity contribution in [3.8, 4) is 0 Å². The van der Waals surface area contributed by atoms with E-state index in [0.29, 0.717) is 5.92 Å². The van der Waals surface area contributed by atoms with Gasteiger partial charge in [-0.3, -0.25) is 0 Å². The Kier molecular flexibility index (Phi) is 1.89. The molecule has 4 nitrogen and oxygen atoms in total. The van der Waals surface area contributed by atoms with Crippen LogP contribution in [0.5, 0.6) is 0 Å². The maximum atomic E-state index is 4.55. The van der Waals surface area contributed by atoms with Crippen molar-refractivity contribution in [3.05, 3.63) is 36.4 Å². The average molecular weight is 212 g/mol. The topological polar surface area (TPSA) is 43.1 Å². The number of benzene rings is 1. The molecule has 0 unspecified atom stereocenters. The van der Waals surface area contributed by atoms with Crippen molar-refractivity contribution in [1.29, 1.82) is 0 Å². The van der Waals surface area contributed by atoms with E-state index in [4.69, 9.17) is 0 Å². The maximum Gasteiger partial charge on any atom is 0.166 e. The van der Waals surface area contributed by atoms with E-state index < -0.39 is 0 Å². The Bertz CT molecular complexity index is 654. The highest BCUT2D eigenvalue weighted by atomic mass is 15.3. The molecule has 4 heteroatoms. The number of hydrogen-bond donors (Lipinski definition) is 0. The maximum absolute atomic E-state index is 4.55. The van der Waals surface area contributed by atoms with Crippen LogP contribution in [0.25, 0.3) is 16.6 Å². The SMILES string of the molecule is CC(C)c1nc2c3ccccc3ncn2n1. The second-order valence-corrected chi connectivity index (χ2v) is 4.15. The van der Waals surface area contributed by atoms with Crippen molar-refractivity contribution < 1.29 is 0 Å². The fourth-order valence-corrected chi connectivity index (χ4v) is 1.74. The molecule has 3 rings (SSSR count). The average Bonchev–Trinajstić information content (AvgIpc) is 2.73. The Balaban J connectivity index is 2.41. The fourth-order valence-electron chi connectivity index (χ4n) is 1.74. The number of aromatic nitrogens is 4. The quantitative estimate of drug-likeness (QED) is 0.622. The van der Waals surface area contributed by atoms with E-state index >= 15 is 0 Å². The van der Waals surface area contributed by atoms with E-state index in [0.717, 1.165) is 22.4 Å². The van der Waals surface area contributed by atoms with Crippen LogP contribution < -0.4 is 0 Å². The highest BCUT2D eigenvalue weighted by Gasteiger charge is 2.09. The molecule has 0 bridgehead atoms. The molecule has 80 valence electrons. The first kappa shape index (κ1) is 9.27. The molecular formula is C12H12N4. The van der Waals surface area contributed by atoms with Gasteiger partial charge >= 0.3 is 0 Å². The van der Waals surface area contributed by atoms with E-state index in [9.17, 15) is 0 Å². The lowest BCUT2D eigenvalue weighted by Crippen LogP contribution is -1.92. The highest BCUT2D eigenvalue weighted by Crippen LogP contribution is 2.18. The van der Waals surface area contributed by atoms with Crippen molar-refractivity contribution in [2.45, 2.75) is 19.8 Å². The van der Waals surface area contributed by atoms with Crippen molar-refractivity contribution >= 4 is 16.6 Å². The minimum Gasteiger partial charge on any atom is -0.236 e. The van der Waals surface area contributed by atoms with Gasteiger partial charge in [0.1, 0.15) is 6.33 Å². The molecule has 0 atom stereocenters. The van der Waals surface area contributed by atoms with E-state index in [1.54, 1.807) is 10.8 Å². The summed E-state index contributed by atoms with van der Waals surface area (Å²) >= 11 is 0. The molecule has 16 heavy (non-hydrogen) atoms. The summed E-state index contributed by atoms with van der Waals surface area (Å²) in [5, 5.41) is 5.45. The number of para-hydroxylation sites is 1. The summed E-state index contributed by atoms with van der Waals surface area (Å²) in [4.78, 5) is 8.89. The highest BCUT2D eigenvalue weighted by molar-refractivity contribution is 5.90. The first-order chi connectivity index (χ1) is 7.75. The zero-order valence-electron chi connectivity index (χ0n) is 9.25. The van der Waals surface area contributed by atoms with E-state index in [2.05, 4.69) is 28.9 Å². The zero-order valence-corrected chi connectivity index (χ0v) is 9.25. The Morgan fingerprint density at radius 1 is 1.19 bits per heavy atom. The predicted molar refractivity (Wildman–Crippen MR) is 62.4 cm³/mol. The molecule has 0 aliphatic rings. The van der Waals surface area contributed by atoms with Crippen molar-refractivity contribution in [1.82, 2.24) is 19.6 Å². The summed E-state index contributed by atoms with van der Waals surface area (Å²) in [7, 11) is 0. The van der Waals surface area contributed by atoms with Gasteiger partial charge in [-0.1, -0.05) is 26.0 Å². The number of rotatable bonds is 1. The fraction of sp³-hybridized carbons (Fsp3) is 0.250. The van der Waals surface area contributed by atoms with Gasteiger partial charge in [-0.15, -0.1) is 5.10 Å². The van der Waals surface area contributed by atoms with Gasteiger partial charge in [-0.05, 0) is 12.1 Å². The second-order valence-electron chi connectivity index (χ2n) is 4.15. The van der Waals surface area contributed by atoms with Crippen molar-refractivity contribution in [2.75, 3.05) is 0 Å². The summed E-state index contributed by atoms with van der Waals surface area (Å²) < 4.78 is 1.75. The first-order valence-electron chi connectivity index (χ1n) is 5.36. The molecule has 0 saturated carbocycles. The monoisotopic (exact) mass is 212 g/mol. The molecule has 0 radical (unpaired) electrons. The van der Waals surface area contributed by atoms with Crippen LogP contribution in [-0.4, -0.2) is 19.6 Å². The van der Waals surface area contributed by atoms with Crippen LogP contribution in [0.15, 0.2) is 30.6 Å². The Labute approximate surface area is 93.0 Å². The normalized spacial score (nSPS) is 11.7. The lowest BCUT2D eigenvalue weighted by molar-refractivity contribution is 0.762. The minimum atomic E-state index is 0.332. The molecule has 0 saturated heterocycles. The van der Waals surface area contributed by atoms with Gasteiger partial charge in [0, 0.05) is 11.3 Å². The van der Waals surface area contributed by atoms with E-state index in [-0.39, 0.29) is 0 Å². The molecule has 2 aromatic heterocycles. The van der Waals surface area contributed by atoms with Crippen molar-refractivity contribution in [3.63, 3.8) is 0 Å². The number of fused-ring (bicyclic) bond motifs is 3. The second kappa shape index (κ2) is 3.27. The molecular weight excluding hydrogens is 200 g/mol. The minimum absolute atomic E-state index is 0.332. The van der Waals surface area contributed by atoms with Gasteiger partial charge in [0.2, 0.25) is 0 Å². The lowest BCUT2D eigenvalue weighted by atomic mass is 10.2. The molecule has 0 aliphatic carbocycles. The first-order valence-corrected chi connectivity index (χ1v) is 5.36. The van der Waals surface area contributed by atoms with Gasteiger partial charge in [-0.2, -0.15) is 0 Å². The van der Waals surface area contributed by atoms with Crippen LogP contribution in [0.4, 0.5) is 0 Å². The smallest absolute Gasteiger partial charge is 0.166 e. The Hall–Kier alpha value is -1.97. The number of nitrogens with zero attached hydrogens (tertiary/aromatic N) is 4. The van der Waals surface area contributed by atoms with Gasteiger partial charge in [-0.25, -0.2) is 14.5 Å². The molecule has 0 fully saturated rings. The third kappa shape index (κ3) is 1.26. The summed E-state index contributed by atoms with van der Waals surface area (Å²) in [6.07, 6.45) is 1.72. The van der Waals surface area contributed by atoms with E-state index in [1.807, 2.05) is 24.3 Å². The van der Waals surface area contributed by atoms with Gasteiger partial charge < -0.3 is 0 Å². The third-order valence-corrected chi connectivity index (χ3v) is 2.62. The molecule has 0 N–H and O–H groups in total. The van der Waals surface area contributed by atoms with Crippen LogP contribution in [0.3, 0.4) is 0 Å². The zero-order chi connectivity index (χ0) is 11.1. The summed E-state index contributed by atoms with van der Waals surface area (Å²) in [5.41, 5.74) is 1.84. The standard InChI is InChI=1S/C12H12N4/c1-8(2)11-14-12-9-5-3-4-6-10(9)13-7-16(12)15-11/h3-8H,1-2H3. The Morgan fingerprint density at radius 2 is 2.00 bits per heavy atom. The summed E-state index contributed by atoms with van der Waals surface area (Å²) in [5.74, 6) is 1.19. The van der Waals surface area contributed by atoms with Crippen LogP contribution in [-0.2, 0) is 0 Å². The molecule has 2 heterocycles. The molecule has 3 aromatic rings. The summed E-state index contributed by atoms with van der Waals surface area (Å²) in [6.45, 7) is 4.18. The summed E-state index contributed by atoms with van der Waals surface area (Å²) in [6, 6.07) is 7.98. The lowest BCUT2D eigenvalue weighted by Gasteiger charge is -1.96. The van der Waals surface area contributed by atoms with Crippen molar-refractivity contribution in [2.24, 2.45) is 0 Å². The Morgan fingerprint density at radius 3 is 2.81 bits per heavy atom. The molecule has 0 amide bonds. The van der Waals surface area contributed by atoms with Gasteiger partial charge in [0.05, 0.1) is 5.52 Å². The van der Waals surface area contributed by atoms with E-state index in [1.165, 1.54) is 0 Å². The van der Waals surface area contributed by atoms with Gasteiger partial charge in [0.15, 0.2) is 11.5 Å². The van der Waals surface area contributed by atoms with Crippen LogP contribution >= 0.6 is 0 Å². The molecule has 0 aliphatic heterocycles. The van der Waals surface area contributed by atoms with Gasteiger partial charge in [0.25, 0.3) is 0 Å². The molecule has 0 spiro atoms. The van der Waals surface area contributed by atoms with Crippen LogP contribution in [0.2, 0.25) is 0 Å². The van der Waals surface area contributed by atoms with Crippen LogP contribution in [0.1, 0.15) is 25.6 Å². The van der Waals surface area contributed by atoms with Crippen LogP contribution in [0, 0.1) is 0 Å². The third-order valence-electron chi connectivity index (χ3n) is 2.62. The molecule has 1 aromatic carbocycles. The number of hydrogen-bond acceptors (Lipinski definition) is 3. The predicted octanol–water partition coefficient (Wildman–Crippen LogP) is 2.40. The largest absolute Gasteiger partial charge is 0.236 e.